The average molecular weight is 252 g/mol. The fourth-order valence-electron chi connectivity index (χ4n) is 1.43. The number of carbonyl (C=O) groups is 2. The molecule has 3 N–H and O–H groups in total. The highest BCUT2D eigenvalue weighted by atomic mass is 16.5. The number of amides is 1. The number of hydrogen-bond donors (Lipinski definition) is 2. The Balaban J connectivity index is 1.77. The SMILES string of the molecule is CC(OC(=O)Cn1cc(N)cn1)C(=O)NC1CC1. The largest absolute Gasteiger partial charge is 0.451 e. The molecule has 0 bridgehead atoms. The van der Waals surface area contributed by atoms with Gasteiger partial charge >= 0.3 is 5.97 Å². The third kappa shape index (κ3) is 3.47. The van der Waals surface area contributed by atoms with E-state index in [9.17, 15) is 9.59 Å². The van der Waals surface area contributed by atoms with Crippen molar-refractivity contribution in [1.29, 1.82) is 0 Å². The molecule has 1 atom stereocenters. The Morgan fingerprint density at radius 2 is 2.39 bits per heavy atom. The van der Waals surface area contributed by atoms with Crippen LogP contribution in [0.2, 0.25) is 0 Å². The summed E-state index contributed by atoms with van der Waals surface area (Å²) in [4.78, 5) is 23.1. The molecule has 1 unspecified atom stereocenters. The molecule has 1 aliphatic rings. The van der Waals surface area contributed by atoms with Gasteiger partial charge in [0.25, 0.3) is 5.91 Å². The minimum absolute atomic E-state index is 0.0573. The molecule has 0 spiro atoms. The molecule has 98 valence electrons. The van der Waals surface area contributed by atoms with Crippen molar-refractivity contribution >= 4 is 17.6 Å². The van der Waals surface area contributed by atoms with E-state index in [2.05, 4.69) is 10.4 Å². The van der Waals surface area contributed by atoms with Crippen LogP contribution in [0.5, 0.6) is 0 Å². The van der Waals surface area contributed by atoms with Gasteiger partial charge in [0.05, 0.1) is 11.9 Å². The lowest BCUT2D eigenvalue weighted by Gasteiger charge is -2.13. The van der Waals surface area contributed by atoms with Gasteiger partial charge in [-0.1, -0.05) is 0 Å². The Hall–Kier alpha value is -2.05. The summed E-state index contributed by atoms with van der Waals surface area (Å²) in [5.41, 5.74) is 5.94. The van der Waals surface area contributed by atoms with E-state index in [4.69, 9.17) is 10.5 Å². The molecule has 0 aromatic carbocycles. The van der Waals surface area contributed by atoms with Crippen LogP contribution in [-0.2, 0) is 20.9 Å². The van der Waals surface area contributed by atoms with Crippen molar-refractivity contribution in [2.24, 2.45) is 0 Å². The van der Waals surface area contributed by atoms with Gasteiger partial charge in [-0.25, -0.2) is 0 Å². The summed E-state index contributed by atoms with van der Waals surface area (Å²) < 4.78 is 6.37. The predicted octanol–water partition coefficient (Wildman–Crippen LogP) is -0.324. The molecule has 0 radical (unpaired) electrons. The Kier molecular flexibility index (Phi) is 3.50. The fraction of sp³-hybridized carbons (Fsp3) is 0.545. The zero-order valence-corrected chi connectivity index (χ0v) is 10.1. The number of esters is 1. The minimum Gasteiger partial charge on any atom is -0.451 e. The first kappa shape index (κ1) is 12.4. The second kappa shape index (κ2) is 5.07. The molecule has 18 heavy (non-hydrogen) atoms. The summed E-state index contributed by atoms with van der Waals surface area (Å²) >= 11 is 0. The van der Waals surface area contributed by atoms with Gasteiger partial charge in [-0.3, -0.25) is 14.3 Å². The van der Waals surface area contributed by atoms with Crippen molar-refractivity contribution in [3.63, 3.8) is 0 Å². The molecule has 7 heteroatoms. The van der Waals surface area contributed by atoms with Gasteiger partial charge in [0.1, 0.15) is 6.54 Å². The van der Waals surface area contributed by atoms with E-state index >= 15 is 0 Å². The standard InChI is InChI=1S/C11H16N4O3/c1-7(11(17)14-9-2-3-9)18-10(16)6-15-5-8(12)4-13-15/h4-5,7,9H,2-3,6,12H2,1H3,(H,14,17). The van der Waals surface area contributed by atoms with Gasteiger partial charge in [-0.2, -0.15) is 5.10 Å². The van der Waals surface area contributed by atoms with E-state index < -0.39 is 12.1 Å². The molecular weight excluding hydrogens is 236 g/mol. The van der Waals surface area contributed by atoms with E-state index in [-0.39, 0.29) is 18.5 Å². The van der Waals surface area contributed by atoms with Crippen LogP contribution in [0, 0.1) is 0 Å². The van der Waals surface area contributed by atoms with Crippen LogP contribution in [0.15, 0.2) is 12.4 Å². The van der Waals surface area contributed by atoms with Crippen molar-refractivity contribution < 1.29 is 14.3 Å². The zero-order valence-electron chi connectivity index (χ0n) is 10.1. The van der Waals surface area contributed by atoms with Crippen LogP contribution < -0.4 is 11.1 Å². The molecule has 1 fully saturated rings. The van der Waals surface area contributed by atoms with E-state index in [0.717, 1.165) is 12.8 Å². The molecule has 1 saturated carbocycles. The Morgan fingerprint density at radius 3 is 2.94 bits per heavy atom. The van der Waals surface area contributed by atoms with E-state index in [1.54, 1.807) is 6.92 Å². The Morgan fingerprint density at radius 1 is 1.67 bits per heavy atom. The van der Waals surface area contributed by atoms with Gasteiger partial charge in [-0.05, 0) is 19.8 Å². The molecule has 1 aromatic rings. The summed E-state index contributed by atoms with van der Waals surface area (Å²) in [6, 6.07) is 0.254. The first-order valence-electron chi connectivity index (χ1n) is 5.82. The molecule has 2 rings (SSSR count). The topological polar surface area (TPSA) is 99.2 Å². The Bertz CT molecular complexity index is 453. The first-order valence-corrected chi connectivity index (χ1v) is 5.82. The summed E-state index contributed by atoms with van der Waals surface area (Å²) in [6.45, 7) is 1.49. The van der Waals surface area contributed by atoms with Gasteiger partial charge in [0, 0.05) is 12.2 Å². The summed E-state index contributed by atoms with van der Waals surface area (Å²) in [6.07, 6.45) is 4.18. The van der Waals surface area contributed by atoms with Crippen molar-refractivity contribution in [2.45, 2.75) is 38.5 Å². The maximum absolute atomic E-state index is 11.6. The monoisotopic (exact) mass is 252 g/mol. The maximum Gasteiger partial charge on any atom is 0.328 e. The number of nitrogen functional groups attached to an aromatic ring is 1. The van der Waals surface area contributed by atoms with E-state index in [0.29, 0.717) is 5.69 Å². The number of ether oxygens (including phenoxy) is 1. The van der Waals surface area contributed by atoms with Gasteiger partial charge in [-0.15, -0.1) is 0 Å². The predicted molar refractivity (Wildman–Crippen MR) is 63.4 cm³/mol. The van der Waals surface area contributed by atoms with Crippen molar-refractivity contribution in [1.82, 2.24) is 15.1 Å². The quantitative estimate of drug-likeness (QED) is 0.699. The number of nitrogens with zero attached hydrogens (tertiary/aromatic N) is 2. The van der Waals surface area contributed by atoms with Crippen molar-refractivity contribution in [3.8, 4) is 0 Å². The number of aromatic nitrogens is 2. The van der Waals surface area contributed by atoms with Crippen LogP contribution in [0.3, 0.4) is 0 Å². The number of rotatable bonds is 5. The molecule has 0 saturated heterocycles. The highest BCUT2D eigenvalue weighted by Gasteiger charge is 2.27. The normalized spacial score (nSPS) is 16.1. The van der Waals surface area contributed by atoms with Gasteiger partial charge < -0.3 is 15.8 Å². The van der Waals surface area contributed by atoms with Crippen LogP contribution in [0.4, 0.5) is 5.69 Å². The molecular formula is C11H16N4O3. The second-order valence-electron chi connectivity index (χ2n) is 4.39. The highest BCUT2D eigenvalue weighted by molar-refractivity contribution is 5.83. The summed E-state index contributed by atoms with van der Waals surface area (Å²) in [5, 5.41) is 6.62. The molecule has 7 nitrogen and oxygen atoms in total. The van der Waals surface area contributed by atoms with Crippen LogP contribution >= 0.6 is 0 Å². The van der Waals surface area contributed by atoms with Crippen LogP contribution in [0.1, 0.15) is 19.8 Å². The number of hydrogen-bond acceptors (Lipinski definition) is 5. The smallest absolute Gasteiger partial charge is 0.328 e. The molecule has 0 aliphatic heterocycles. The lowest BCUT2D eigenvalue weighted by Crippen LogP contribution is -2.37. The molecule has 1 amide bonds. The third-order valence-electron chi connectivity index (χ3n) is 2.55. The lowest BCUT2D eigenvalue weighted by molar-refractivity contribution is -0.155. The van der Waals surface area contributed by atoms with Crippen molar-refractivity contribution in [2.75, 3.05) is 5.73 Å². The molecule has 1 heterocycles. The van der Waals surface area contributed by atoms with E-state index in [1.807, 2.05) is 0 Å². The lowest BCUT2D eigenvalue weighted by atomic mass is 10.3. The molecule has 1 aliphatic carbocycles. The van der Waals surface area contributed by atoms with Crippen molar-refractivity contribution in [3.05, 3.63) is 12.4 Å². The average Bonchev–Trinajstić information content (AvgIpc) is 3.01. The van der Waals surface area contributed by atoms with Crippen LogP contribution in [0.25, 0.3) is 0 Å². The van der Waals surface area contributed by atoms with Gasteiger partial charge in [0.2, 0.25) is 0 Å². The maximum atomic E-state index is 11.6. The number of anilines is 1. The minimum atomic E-state index is -0.786. The Labute approximate surface area is 104 Å². The third-order valence-corrected chi connectivity index (χ3v) is 2.55. The fourth-order valence-corrected chi connectivity index (χ4v) is 1.43. The van der Waals surface area contributed by atoms with Crippen LogP contribution in [-0.4, -0.2) is 33.8 Å². The summed E-state index contributed by atoms with van der Waals surface area (Å²) in [5.74, 6) is -0.776. The summed E-state index contributed by atoms with van der Waals surface area (Å²) in [7, 11) is 0. The second-order valence-corrected chi connectivity index (χ2v) is 4.39. The number of nitrogens with one attached hydrogen (secondary N) is 1. The zero-order chi connectivity index (χ0) is 13.1. The molecule has 1 aromatic heterocycles. The first-order chi connectivity index (χ1) is 8.54. The highest BCUT2D eigenvalue weighted by Crippen LogP contribution is 2.18. The van der Waals surface area contributed by atoms with E-state index in [1.165, 1.54) is 17.1 Å². The number of nitrogens with two attached hydrogens (primary N) is 1. The number of carbonyl (C=O) groups excluding carboxylic acids is 2. The van der Waals surface area contributed by atoms with Gasteiger partial charge in [0.15, 0.2) is 6.10 Å².